The summed E-state index contributed by atoms with van der Waals surface area (Å²) in [6, 6.07) is 0. The van der Waals surface area contributed by atoms with Crippen molar-refractivity contribution in [3.05, 3.63) is 0 Å². The highest BCUT2D eigenvalue weighted by Crippen LogP contribution is 2.62. The van der Waals surface area contributed by atoms with Crippen molar-refractivity contribution in [2.75, 3.05) is 210 Å². The first-order valence-electron chi connectivity index (χ1n) is 20.9. The van der Waals surface area contributed by atoms with Crippen molar-refractivity contribution >= 4 is 11.8 Å². The van der Waals surface area contributed by atoms with Gasteiger partial charge < -0.3 is 37.9 Å². The molecule has 9 rings (SSSR count). The molecule has 0 saturated carbocycles. The summed E-state index contributed by atoms with van der Waals surface area (Å²) < 4.78 is 49.9. The smallest absolute Gasteiger partial charge is 0.190 e. The van der Waals surface area contributed by atoms with E-state index in [2.05, 4.69) is 56.1 Å². The number of ether oxygens (including phenoxy) is 8. The summed E-state index contributed by atoms with van der Waals surface area (Å²) in [5.41, 5.74) is 0. The average Bonchev–Trinajstić information content (AvgIpc) is 3.28. The monoisotopic (exact) mass is 783 g/mol. The van der Waals surface area contributed by atoms with Crippen LogP contribution in [0.3, 0.4) is 0 Å². The molecule has 0 radical (unpaired) electrons. The van der Waals surface area contributed by atoms with E-state index in [-0.39, 0.29) is 5.37 Å². The summed E-state index contributed by atoms with van der Waals surface area (Å²) in [4.78, 5) is 19.3. The molecule has 0 aromatic heterocycles. The van der Waals surface area contributed by atoms with Crippen LogP contribution < -0.4 is 0 Å². The Labute approximate surface area is 325 Å². The first kappa shape index (κ1) is 39.1. The van der Waals surface area contributed by atoms with Gasteiger partial charge in [0.2, 0.25) is 0 Å². The minimum atomic E-state index is -0.670. The molecule has 9 aliphatic rings. The molecule has 0 amide bonds. The maximum absolute atomic E-state index is 6.28. The first-order valence-corrected chi connectivity index (χ1v) is 21.8. The zero-order chi connectivity index (χ0) is 36.3. The number of hydrazine groups is 1. The molecule has 17 nitrogen and oxygen atoms in total. The van der Waals surface area contributed by atoms with Crippen molar-refractivity contribution in [3.8, 4) is 0 Å². The lowest BCUT2D eigenvalue weighted by Crippen LogP contribution is -2.99. The van der Waals surface area contributed by atoms with E-state index in [0.29, 0.717) is 92.5 Å². The van der Waals surface area contributed by atoms with Gasteiger partial charge in [0.1, 0.15) is 5.37 Å². The Morgan fingerprint density at radius 3 is 1.00 bits per heavy atom. The predicted molar refractivity (Wildman–Crippen MR) is 201 cm³/mol. The Bertz CT molecular complexity index is 1080. The first-order chi connectivity index (χ1) is 26.8. The normalized spacial score (nSPS) is 34.6. The van der Waals surface area contributed by atoms with Crippen molar-refractivity contribution < 1.29 is 37.9 Å². The van der Waals surface area contributed by atoms with Gasteiger partial charge in [-0.15, -0.1) is 0 Å². The zero-order valence-electron chi connectivity index (χ0n) is 32.4. The molecule has 9 heterocycles. The van der Waals surface area contributed by atoms with Gasteiger partial charge in [-0.05, 0) is 0 Å². The molecule has 0 bridgehead atoms. The minimum Gasteiger partial charge on any atom is -0.379 e. The second kappa shape index (κ2) is 17.9. The van der Waals surface area contributed by atoms with E-state index in [0.717, 1.165) is 118 Å². The van der Waals surface area contributed by atoms with Crippen LogP contribution in [0.2, 0.25) is 0 Å². The van der Waals surface area contributed by atoms with Gasteiger partial charge in [0.25, 0.3) is 0 Å². The molecule has 9 fully saturated rings. The molecule has 0 aliphatic carbocycles. The Morgan fingerprint density at radius 1 is 0.333 bits per heavy atom. The number of hydrogen-bond donors (Lipinski definition) is 0. The molecule has 0 aromatic carbocycles. The molecule has 0 N–H and O–H groups in total. The van der Waals surface area contributed by atoms with Gasteiger partial charge >= 0.3 is 0 Å². The van der Waals surface area contributed by atoms with Crippen LogP contribution in [0.4, 0.5) is 0 Å². The summed E-state index contributed by atoms with van der Waals surface area (Å²) in [6.07, 6.45) is 0. The number of rotatable bonds is 8. The molecule has 0 spiro atoms. The van der Waals surface area contributed by atoms with Crippen LogP contribution in [-0.4, -0.2) is 277 Å². The van der Waals surface area contributed by atoms with Crippen molar-refractivity contribution in [2.45, 2.75) is 21.9 Å². The molecule has 0 aromatic rings. The highest BCUT2D eigenvalue weighted by Gasteiger charge is 2.79. The van der Waals surface area contributed by atoms with Gasteiger partial charge in [0, 0.05) is 105 Å². The molecule has 9 aliphatic heterocycles. The van der Waals surface area contributed by atoms with E-state index < -0.39 is 16.6 Å². The van der Waals surface area contributed by atoms with E-state index in [4.69, 9.17) is 37.9 Å². The standard InChI is InChI=1S/C36H65N9O8S/c1-17-46-18-2-37(1)33-34(38-3-19-47-20-4-38,39-5-21-48-22-6-39)45(44-15-31-53-32-16-44)35(40-7-23-49-24-8-40,41-9-25-50-26-10-41)36(54-33,42-11-27-51-28-12-42)43-13-29-52-30-14-43/h33H,1-32H2. The second-order valence-corrected chi connectivity index (χ2v) is 16.8. The number of thioether (sulfide) groups is 1. The maximum Gasteiger partial charge on any atom is 0.190 e. The van der Waals surface area contributed by atoms with E-state index in [1.807, 2.05) is 0 Å². The minimum absolute atomic E-state index is 0.0429. The Hall–Kier alpha value is -0.330. The van der Waals surface area contributed by atoms with Gasteiger partial charge in [-0.3, -0.25) is 34.3 Å². The third kappa shape index (κ3) is 6.80. The van der Waals surface area contributed by atoms with E-state index in [1.54, 1.807) is 0 Å². The fraction of sp³-hybridized carbons (Fsp3) is 1.00. The summed E-state index contributed by atoms with van der Waals surface area (Å²) in [6.45, 7) is 24.9. The summed E-state index contributed by atoms with van der Waals surface area (Å²) in [5.74, 6) is -1.25. The Balaban J connectivity index is 1.39. The van der Waals surface area contributed by atoms with Crippen molar-refractivity contribution in [3.63, 3.8) is 0 Å². The maximum atomic E-state index is 6.28. The number of morpholine rings is 8. The van der Waals surface area contributed by atoms with Crippen LogP contribution in [0.25, 0.3) is 0 Å². The summed E-state index contributed by atoms with van der Waals surface area (Å²) in [7, 11) is 0. The average molecular weight is 784 g/mol. The van der Waals surface area contributed by atoms with E-state index in [9.17, 15) is 0 Å². The lowest BCUT2D eigenvalue weighted by atomic mass is 9.97. The molecule has 54 heavy (non-hydrogen) atoms. The lowest BCUT2D eigenvalue weighted by molar-refractivity contribution is -0.415. The quantitative estimate of drug-likeness (QED) is 0.269. The van der Waals surface area contributed by atoms with Crippen molar-refractivity contribution in [1.29, 1.82) is 0 Å². The Morgan fingerprint density at radius 2 is 0.630 bits per heavy atom. The second-order valence-electron chi connectivity index (χ2n) is 15.5. The molecular formula is C36H65N9O8S. The third-order valence-corrected chi connectivity index (χ3v) is 15.0. The van der Waals surface area contributed by atoms with Crippen LogP contribution in [0.15, 0.2) is 0 Å². The topological polar surface area (TPSA) is 103 Å². The highest BCUT2D eigenvalue weighted by atomic mass is 32.2. The predicted octanol–water partition coefficient (Wildman–Crippen LogP) is -2.10. The molecule has 9 saturated heterocycles. The summed E-state index contributed by atoms with van der Waals surface area (Å²) >= 11 is 2.24. The van der Waals surface area contributed by atoms with E-state index >= 15 is 0 Å². The highest BCUT2D eigenvalue weighted by molar-refractivity contribution is 8.01. The molecule has 1 unspecified atom stereocenters. The van der Waals surface area contributed by atoms with Crippen LogP contribution in [0.5, 0.6) is 0 Å². The molecular weight excluding hydrogens is 719 g/mol. The Kier molecular flexibility index (Phi) is 13.0. The van der Waals surface area contributed by atoms with Gasteiger partial charge in [-0.2, -0.15) is 5.01 Å². The lowest BCUT2D eigenvalue weighted by Gasteiger charge is -2.79. The van der Waals surface area contributed by atoms with Gasteiger partial charge in [-0.25, -0.2) is 5.01 Å². The number of hydrogen-bond acceptors (Lipinski definition) is 18. The van der Waals surface area contributed by atoms with Gasteiger partial charge in [0.05, 0.1) is 106 Å². The van der Waals surface area contributed by atoms with Crippen LogP contribution >= 0.6 is 11.8 Å². The molecule has 18 heteroatoms. The number of nitrogens with zero attached hydrogens (tertiary/aromatic N) is 9. The molecule has 308 valence electrons. The fourth-order valence-corrected chi connectivity index (χ4v) is 13.2. The van der Waals surface area contributed by atoms with Crippen LogP contribution in [0.1, 0.15) is 0 Å². The third-order valence-electron chi connectivity index (χ3n) is 13.0. The van der Waals surface area contributed by atoms with Gasteiger partial charge in [0.15, 0.2) is 16.6 Å². The largest absolute Gasteiger partial charge is 0.379 e. The molecule has 1 atom stereocenters. The van der Waals surface area contributed by atoms with Crippen LogP contribution in [0, 0.1) is 0 Å². The van der Waals surface area contributed by atoms with Crippen molar-refractivity contribution in [1.82, 2.24) is 44.3 Å². The van der Waals surface area contributed by atoms with Crippen molar-refractivity contribution in [2.24, 2.45) is 0 Å². The zero-order valence-corrected chi connectivity index (χ0v) is 33.2. The van der Waals surface area contributed by atoms with E-state index in [1.165, 1.54) is 0 Å². The summed E-state index contributed by atoms with van der Waals surface area (Å²) in [5, 5.41) is 5.81. The van der Waals surface area contributed by atoms with Gasteiger partial charge in [-0.1, -0.05) is 11.8 Å². The SMILES string of the molecule is C1CN(C2SC(N3CCOCC3)(N3CCOCC3)C(N3CCOCC3)(N3CCOCC3)N(N3CCOCC3)C2(N2CCOCC2)N2CCOCC2)CCO1. The fourth-order valence-electron chi connectivity index (χ4n) is 10.8. The van der Waals surface area contributed by atoms with Crippen LogP contribution in [-0.2, 0) is 37.9 Å².